The van der Waals surface area contributed by atoms with Crippen molar-refractivity contribution in [2.24, 2.45) is 0 Å². The van der Waals surface area contributed by atoms with Crippen molar-refractivity contribution in [3.05, 3.63) is 59.2 Å². The van der Waals surface area contributed by atoms with Crippen LogP contribution in [-0.2, 0) is 10.0 Å². The third kappa shape index (κ3) is 4.12. The van der Waals surface area contributed by atoms with E-state index in [0.717, 1.165) is 29.3 Å². The van der Waals surface area contributed by atoms with E-state index >= 15 is 0 Å². The van der Waals surface area contributed by atoms with E-state index in [2.05, 4.69) is 9.82 Å². The van der Waals surface area contributed by atoms with E-state index in [1.165, 1.54) is 11.3 Å². The van der Waals surface area contributed by atoms with E-state index in [-0.39, 0.29) is 15.4 Å². The first-order valence-electron chi connectivity index (χ1n) is 8.00. The summed E-state index contributed by atoms with van der Waals surface area (Å²) >= 11 is 1.86. The summed E-state index contributed by atoms with van der Waals surface area (Å²) in [5.41, 5.74) is -1.09. The number of hydrogen-bond donors (Lipinski definition) is 1. The van der Waals surface area contributed by atoms with Gasteiger partial charge in [-0.3, -0.25) is 25.0 Å². The lowest BCUT2D eigenvalue weighted by molar-refractivity contribution is -0.396. The molecule has 30 heavy (non-hydrogen) atoms. The number of nitrogens with one attached hydrogen (secondary N) is 1. The highest BCUT2D eigenvalue weighted by atomic mass is 32.2. The zero-order valence-electron chi connectivity index (χ0n) is 15.6. The number of aryl methyl sites for hydroxylation is 2. The van der Waals surface area contributed by atoms with Crippen molar-refractivity contribution in [3.63, 3.8) is 0 Å². The number of sulfonamides is 1. The van der Waals surface area contributed by atoms with E-state index in [1.807, 2.05) is 0 Å². The minimum Gasteiger partial charge on any atom is -0.267 e. The Morgan fingerprint density at radius 2 is 1.87 bits per heavy atom. The molecule has 12 nitrogen and oxygen atoms in total. The number of rotatable bonds is 6. The Morgan fingerprint density at radius 3 is 2.43 bits per heavy atom. The molecule has 0 saturated carbocycles. The van der Waals surface area contributed by atoms with E-state index in [1.54, 1.807) is 13.8 Å². The summed E-state index contributed by atoms with van der Waals surface area (Å²) in [6.45, 7) is 3.49. The van der Waals surface area contributed by atoms with E-state index < -0.39 is 36.8 Å². The van der Waals surface area contributed by atoms with E-state index in [4.69, 9.17) is 0 Å². The maximum atomic E-state index is 13.0. The fourth-order valence-electron chi connectivity index (χ4n) is 2.54. The summed E-state index contributed by atoms with van der Waals surface area (Å²) in [5.74, 6) is 0. The first-order valence-corrected chi connectivity index (χ1v) is 11.5. The number of nitro groups is 2. The van der Waals surface area contributed by atoms with Gasteiger partial charge in [0, 0.05) is 10.9 Å². The van der Waals surface area contributed by atoms with Gasteiger partial charge in [0.15, 0.2) is 5.16 Å². The SMILES string of the molecule is Cc1sc2nc(Sc3ccc([N+](=O)[O-])cc3[N+](=O)[O-])n(NS(C)(=O)=O)c(=O)c2c1C. The smallest absolute Gasteiger partial charge is 0.267 e. The Hall–Kier alpha value is -3.04. The van der Waals surface area contributed by atoms with Gasteiger partial charge >= 0.3 is 0 Å². The summed E-state index contributed by atoms with van der Waals surface area (Å²) in [6, 6.07) is 3.00. The molecule has 0 aliphatic carbocycles. The zero-order chi connectivity index (χ0) is 22.4. The minimum atomic E-state index is -3.89. The fourth-order valence-corrected chi connectivity index (χ4v) is 5.10. The molecule has 0 atom stereocenters. The molecule has 15 heteroatoms. The van der Waals surface area contributed by atoms with Crippen LogP contribution in [0.2, 0.25) is 0 Å². The molecule has 0 saturated heterocycles. The quantitative estimate of drug-likeness (QED) is 0.323. The summed E-state index contributed by atoms with van der Waals surface area (Å²) < 4.78 is 24.3. The standard InChI is InChI=1S/C15H13N5O7S3/c1-7-8(2)28-13-12(7)14(21)18(17-30(3,26)27)15(16-13)29-11-5-4-9(19(22)23)6-10(11)20(24)25/h4-6,17H,1-3H3. The van der Waals surface area contributed by atoms with Crippen LogP contribution in [0.15, 0.2) is 33.0 Å². The van der Waals surface area contributed by atoms with Crippen LogP contribution in [0.5, 0.6) is 0 Å². The van der Waals surface area contributed by atoms with Crippen LogP contribution in [0.25, 0.3) is 10.2 Å². The molecular formula is C15H13N5O7S3. The molecule has 0 spiro atoms. The Bertz CT molecular complexity index is 1380. The summed E-state index contributed by atoms with van der Waals surface area (Å²) in [4.78, 5) is 41.2. The molecular weight excluding hydrogens is 458 g/mol. The van der Waals surface area contributed by atoms with Crippen LogP contribution < -0.4 is 10.4 Å². The van der Waals surface area contributed by atoms with Gasteiger partial charge in [0.1, 0.15) is 4.83 Å². The Morgan fingerprint density at radius 1 is 1.20 bits per heavy atom. The summed E-state index contributed by atoms with van der Waals surface area (Å²) in [6.07, 6.45) is 0.845. The lowest BCUT2D eigenvalue weighted by atomic mass is 10.2. The number of benzene rings is 1. The molecule has 2 heterocycles. The molecule has 1 N–H and O–H groups in total. The summed E-state index contributed by atoms with van der Waals surface area (Å²) in [5, 5.41) is 22.4. The maximum Gasteiger partial charge on any atom is 0.290 e. The van der Waals surface area contributed by atoms with Gasteiger partial charge in [-0.2, -0.15) is 4.68 Å². The van der Waals surface area contributed by atoms with Crippen LogP contribution in [0, 0.1) is 34.1 Å². The normalized spacial score (nSPS) is 11.6. The number of nitrogens with zero attached hydrogens (tertiary/aromatic N) is 4. The highest BCUT2D eigenvalue weighted by Crippen LogP contribution is 2.37. The zero-order valence-corrected chi connectivity index (χ0v) is 18.1. The molecule has 0 fully saturated rings. The van der Waals surface area contributed by atoms with Crippen molar-refractivity contribution in [3.8, 4) is 0 Å². The number of hydrogen-bond acceptors (Lipinski definition) is 10. The first kappa shape index (κ1) is 21.7. The highest BCUT2D eigenvalue weighted by molar-refractivity contribution is 7.99. The second-order valence-corrected chi connectivity index (χ2v) is 10.1. The van der Waals surface area contributed by atoms with Gasteiger partial charge in [0.2, 0.25) is 10.0 Å². The number of aromatic nitrogens is 2. The minimum absolute atomic E-state index is 0.0501. The highest BCUT2D eigenvalue weighted by Gasteiger charge is 2.24. The molecule has 0 aliphatic heterocycles. The van der Waals surface area contributed by atoms with E-state index in [0.29, 0.717) is 26.8 Å². The number of fused-ring (bicyclic) bond motifs is 1. The monoisotopic (exact) mass is 471 g/mol. The van der Waals surface area contributed by atoms with Crippen LogP contribution in [-0.4, -0.2) is 34.2 Å². The number of thiophene rings is 1. The molecule has 0 radical (unpaired) electrons. The van der Waals surface area contributed by atoms with Gasteiger partial charge in [-0.15, -0.1) is 11.3 Å². The second-order valence-electron chi connectivity index (χ2n) is 6.13. The molecule has 1 aromatic carbocycles. The third-order valence-corrected chi connectivity index (χ3v) is 6.62. The molecule has 0 bridgehead atoms. The van der Waals surface area contributed by atoms with Crippen LogP contribution in [0.3, 0.4) is 0 Å². The lowest BCUT2D eigenvalue weighted by Crippen LogP contribution is -2.34. The van der Waals surface area contributed by atoms with Gasteiger partial charge in [-0.05, 0) is 37.2 Å². The number of non-ortho nitro benzene ring substituents is 1. The molecule has 3 rings (SSSR count). The van der Waals surface area contributed by atoms with Crippen molar-refractivity contribution in [2.45, 2.75) is 23.9 Å². The molecule has 158 valence electrons. The molecule has 3 aromatic rings. The molecule has 2 aromatic heterocycles. The van der Waals surface area contributed by atoms with Crippen molar-refractivity contribution >= 4 is 54.7 Å². The van der Waals surface area contributed by atoms with Crippen molar-refractivity contribution in [1.82, 2.24) is 9.66 Å². The van der Waals surface area contributed by atoms with Crippen molar-refractivity contribution in [1.29, 1.82) is 0 Å². The Labute approximate surface area is 176 Å². The van der Waals surface area contributed by atoms with Gasteiger partial charge in [0.05, 0.1) is 32.5 Å². The van der Waals surface area contributed by atoms with Crippen molar-refractivity contribution < 1.29 is 18.3 Å². The molecule has 0 aliphatic rings. The van der Waals surface area contributed by atoms with Crippen LogP contribution in [0.4, 0.5) is 11.4 Å². The van der Waals surface area contributed by atoms with Crippen LogP contribution >= 0.6 is 23.1 Å². The van der Waals surface area contributed by atoms with Gasteiger partial charge < -0.3 is 0 Å². The van der Waals surface area contributed by atoms with Crippen LogP contribution in [0.1, 0.15) is 10.4 Å². The topological polar surface area (TPSA) is 167 Å². The van der Waals surface area contributed by atoms with Gasteiger partial charge in [-0.25, -0.2) is 18.2 Å². The molecule has 0 unspecified atom stereocenters. The predicted octanol–water partition coefficient (Wildman–Crippen LogP) is 2.55. The average Bonchev–Trinajstić information content (AvgIpc) is 2.91. The predicted molar refractivity (Wildman–Crippen MR) is 111 cm³/mol. The third-order valence-electron chi connectivity index (χ3n) is 3.98. The second kappa shape index (κ2) is 7.66. The van der Waals surface area contributed by atoms with Gasteiger partial charge in [0.25, 0.3) is 16.9 Å². The maximum absolute atomic E-state index is 13.0. The Balaban J connectivity index is 2.26. The van der Waals surface area contributed by atoms with E-state index in [9.17, 15) is 33.4 Å². The average molecular weight is 471 g/mol. The molecule has 0 amide bonds. The summed E-state index contributed by atoms with van der Waals surface area (Å²) in [7, 11) is -3.89. The van der Waals surface area contributed by atoms with Crippen molar-refractivity contribution in [2.75, 3.05) is 11.1 Å². The first-order chi connectivity index (χ1) is 13.9. The Kier molecular flexibility index (Phi) is 5.53. The number of nitro benzene ring substituents is 2. The largest absolute Gasteiger partial charge is 0.290 e. The fraction of sp³-hybridized carbons (Fsp3) is 0.200. The van der Waals surface area contributed by atoms with Gasteiger partial charge in [-0.1, -0.05) is 0 Å². The lowest BCUT2D eigenvalue weighted by Gasteiger charge is -2.12.